The zero-order chi connectivity index (χ0) is 20.3. The highest BCUT2D eigenvalue weighted by Crippen LogP contribution is 2.33. The first-order valence-electron chi connectivity index (χ1n) is 8.33. The zero-order valence-electron chi connectivity index (χ0n) is 15.2. The maximum atomic E-state index is 12.9. The lowest BCUT2D eigenvalue weighted by molar-refractivity contribution is -0.127. The van der Waals surface area contributed by atoms with Crippen molar-refractivity contribution in [1.29, 1.82) is 0 Å². The molecule has 0 saturated carbocycles. The lowest BCUT2D eigenvalue weighted by Gasteiger charge is -2.12. The highest BCUT2D eigenvalue weighted by atomic mass is 32.2. The minimum absolute atomic E-state index is 0.243. The molecule has 0 unspecified atom stereocenters. The summed E-state index contributed by atoms with van der Waals surface area (Å²) in [7, 11) is 1.57. The van der Waals surface area contributed by atoms with Gasteiger partial charge in [0.15, 0.2) is 0 Å². The van der Waals surface area contributed by atoms with Crippen LogP contribution in [0.4, 0.5) is 14.9 Å². The molecule has 1 fully saturated rings. The van der Waals surface area contributed by atoms with Gasteiger partial charge < -0.3 is 10.1 Å². The molecule has 0 atom stereocenters. The first-order chi connectivity index (χ1) is 13.4. The molecular formula is C20H17FN2O4S. The van der Waals surface area contributed by atoms with Gasteiger partial charge in [-0.15, -0.1) is 0 Å². The topological polar surface area (TPSA) is 75.7 Å². The van der Waals surface area contributed by atoms with Gasteiger partial charge in [0, 0.05) is 5.69 Å². The number of methoxy groups -OCH3 is 1. The molecule has 28 heavy (non-hydrogen) atoms. The monoisotopic (exact) mass is 400 g/mol. The van der Waals surface area contributed by atoms with E-state index in [1.165, 1.54) is 24.3 Å². The van der Waals surface area contributed by atoms with Crippen molar-refractivity contribution >= 4 is 40.6 Å². The van der Waals surface area contributed by atoms with Crippen molar-refractivity contribution in [2.75, 3.05) is 19.0 Å². The normalized spacial score (nSPS) is 15.2. The van der Waals surface area contributed by atoms with Gasteiger partial charge in [0.2, 0.25) is 5.91 Å². The van der Waals surface area contributed by atoms with Crippen molar-refractivity contribution in [1.82, 2.24) is 4.90 Å². The maximum Gasteiger partial charge on any atom is 0.294 e. The number of aryl methyl sites for hydroxylation is 1. The molecule has 1 aliphatic rings. The highest BCUT2D eigenvalue weighted by molar-refractivity contribution is 8.18. The minimum Gasteiger partial charge on any atom is -0.497 e. The van der Waals surface area contributed by atoms with Gasteiger partial charge in [0.1, 0.15) is 18.1 Å². The van der Waals surface area contributed by atoms with Gasteiger partial charge in [-0.2, -0.15) is 0 Å². The molecule has 2 aromatic carbocycles. The van der Waals surface area contributed by atoms with E-state index in [0.717, 1.165) is 27.8 Å². The van der Waals surface area contributed by atoms with Crippen molar-refractivity contribution in [2.24, 2.45) is 0 Å². The fourth-order valence-corrected chi connectivity index (χ4v) is 3.42. The van der Waals surface area contributed by atoms with Crippen LogP contribution in [0.3, 0.4) is 0 Å². The summed E-state index contributed by atoms with van der Waals surface area (Å²) >= 11 is 0.783. The Morgan fingerprint density at radius 3 is 2.57 bits per heavy atom. The van der Waals surface area contributed by atoms with Crippen molar-refractivity contribution in [3.8, 4) is 5.75 Å². The number of hydrogen-bond acceptors (Lipinski definition) is 5. The first kappa shape index (κ1) is 19.6. The van der Waals surface area contributed by atoms with Gasteiger partial charge in [0.05, 0.1) is 12.0 Å². The van der Waals surface area contributed by atoms with E-state index in [1.807, 2.05) is 13.0 Å². The van der Waals surface area contributed by atoms with Crippen LogP contribution >= 0.6 is 11.8 Å². The number of carbonyl (C=O) groups is 3. The average Bonchev–Trinajstić information content (AvgIpc) is 2.92. The molecular weight excluding hydrogens is 383 g/mol. The molecule has 1 aliphatic heterocycles. The van der Waals surface area contributed by atoms with E-state index in [0.29, 0.717) is 11.4 Å². The fraction of sp³-hybridized carbons (Fsp3) is 0.150. The van der Waals surface area contributed by atoms with Crippen LogP contribution in [0.5, 0.6) is 5.75 Å². The Morgan fingerprint density at radius 1 is 1.21 bits per heavy atom. The van der Waals surface area contributed by atoms with E-state index < -0.39 is 29.4 Å². The molecule has 144 valence electrons. The molecule has 6 nitrogen and oxygen atoms in total. The number of thioether (sulfide) groups is 1. The lowest BCUT2D eigenvalue weighted by atomic mass is 10.1. The standard InChI is InChI=1S/C20H17FN2O4S/c1-12-9-16(27-2)8-3-13(12)10-17-19(25)23(20(26)28-17)11-18(24)22-15-6-4-14(21)5-7-15/h3-10H,11H2,1-2H3,(H,22,24)/b17-10-. The number of rotatable bonds is 5. The smallest absolute Gasteiger partial charge is 0.294 e. The lowest BCUT2D eigenvalue weighted by Crippen LogP contribution is -2.36. The Hall–Kier alpha value is -3.13. The summed E-state index contributed by atoms with van der Waals surface area (Å²) in [6.45, 7) is 1.45. The number of nitrogens with zero attached hydrogens (tertiary/aromatic N) is 1. The van der Waals surface area contributed by atoms with Crippen molar-refractivity contribution in [3.05, 3.63) is 64.3 Å². The van der Waals surface area contributed by atoms with Crippen LogP contribution in [0.15, 0.2) is 47.4 Å². The van der Waals surface area contributed by atoms with Crippen LogP contribution in [-0.4, -0.2) is 35.6 Å². The average molecular weight is 400 g/mol. The molecule has 3 rings (SSSR count). The zero-order valence-corrected chi connectivity index (χ0v) is 16.0. The van der Waals surface area contributed by atoms with Crippen LogP contribution in [-0.2, 0) is 9.59 Å². The quantitative estimate of drug-likeness (QED) is 0.773. The summed E-state index contributed by atoms with van der Waals surface area (Å²) in [5.74, 6) is -0.807. The number of nitrogens with one attached hydrogen (secondary N) is 1. The highest BCUT2D eigenvalue weighted by Gasteiger charge is 2.36. The van der Waals surface area contributed by atoms with E-state index in [9.17, 15) is 18.8 Å². The molecule has 0 aliphatic carbocycles. The summed E-state index contributed by atoms with van der Waals surface area (Å²) < 4.78 is 18.1. The number of hydrogen-bond donors (Lipinski definition) is 1. The number of amides is 3. The number of benzene rings is 2. The van der Waals surface area contributed by atoms with Crippen molar-refractivity contribution < 1.29 is 23.5 Å². The molecule has 0 aromatic heterocycles. The van der Waals surface area contributed by atoms with Gasteiger partial charge in [-0.3, -0.25) is 19.3 Å². The van der Waals surface area contributed by atoms with Gasteiger partial charge in [-0.05, 0) is 72.3 Å². The number of anilines is 1. The molecule has 0 spiro atoms. The van der Waals surface area contributed by atoms with Crippen LogP contribution < -0.4 is 10.1 Å². The number of carbonyl (C=O) groups excluding carboxylic acids is 3. The summed E-state index contributed by atoms with van der Waals surface area (Å²) in [5.41, 5.74) is 2.05. The predicted octanol–water partition coefficient (Wildman–Crippen LogP) is 3.82. The second kappa shape index (κ2) is 8.26. The third-order valence-electron chi connectivity index (χ3n) is 4.07. The Kier molecular flexibility index (Phi) is 5.79. The maximum absolute atomic E-state index is 12.9. The van der Waals surface area contributed by atoms with E-state index in [2.05, 4.69) is 5.32 Å². The van der Waals surface area contributed by atoms with Crippen LogP contribution in [0.2, 0.25) is 0 Å². The number of imide groups is 1. The Morgan fingerprint density at radius 2 is 1.93 bits per heavy atom. The summed E-state index contributed by atoms with van der Waals surface area (Å²) in [5, 5.41) is 2.01. The van der Waals surface area contributed by atoms with E-state index >= 15 is 0 Å². The van der Waals surface area contributed by atoms with Gasteiger partial charge in [0.25, 0.3) is 11.1 Å². The Balaban J connectivity index is 1.71. The molecule has 3 amide bonds. The fourth-order valence-electron chi connectivity index (χ4n) is 2.59. The summed E-state index contributed by atoms with van der Waals surface area (Å²) in [6.07, 6.45) is 1.62. The SMILES string of the molecule is COc1ccc(/C=C2\SC(=O)N(CC(=O)Nc3ccc(F)cc3)C2=O)c(C)c1. The van der Waals surface area contributed by atoms with Crippen molar-refractivity contribution in [3.63, 3.8) is 0 Å². The molecule has 0 radical (unpaired) electrons. The predicted molar refractivity (Wildman–Crippen MR) is 105 cm³/mol. The van der Waals surface area contributed by atoms with E-state index in [1.54, 1.807) is 25.3 Å². The third kappa shape index (κ3) is 4.40. The van der Waals surface area contributed by atoms with Gasteiger partial charge in [-0.25, -0.2) is 4.39 Å². The van der Waals surface area contributed by atoms with Gasteiger partial charge in [-0.1, -0.05) is 6.07 Å². The Bertz CT molecular complexity index is 973. The largest absolute Gasteiger partial charge is 0.497 e. The molecule has 2 aromatic rings. The summed E-state index contributed by atoms with van der Waals surface area (Å²) in [4.78, 5) is 38.0. The second-order valence-electron chi connectivity index (χ2n) is 6.05. The van der Waals surface area contributed by atoms with Crippen molar-refractivity contribution in [2.45, 2.75) is 6.92 Å². The molecule has 8 heteroatoms. The third-order valence-corrected chi connectivity index (χ3v) is 4.97. The number of ether oxygens (including phenoxy) is 1. The number of halogens is 1. The van der Waals surface area contributed by atoms with Crippen LogP contribution in [0, 0.1) is 12.7 Å². The van der Waals surface area contributed by atoms with E-state index in [-0.39, 0.29) is 4.91 Å². The molecule has 1 heterocycles. The van der Waals surface area contributed by atoms with Gasteiger partial charge >= 0.3 is 0 Å². The summed E-state index contributed by atoms with van der Waals surface area (Å²) in [6, 6.07) is 10.6. The van der Waals surface area contributed by atoms with E-state index in [4.69, 9.17) is 4.74 Å². The van der Waals surface area contributed by atoms with Crippen LogP contribution in [0.25, 0.3) is 6.08 Å². The Labute approximate surface area is 165 Å². The molecule has 1 N–H and O–H groups in total. The molecule has 1 saturated heterocycles. The first-order valence-corrected chi connectivity index (χ1v) is 9.14. The minimum atomic E-state index is -0.546. The van der Waals surface area contributed by atoms with Crippen LogP contribution in [0.1, 0.15) is 11.1 Å². The molecule has 0 bridgehead atoms. The second-order valence-corrected chi connectivity index (χ2v) is 7.04.